The number of fused-ring (bicyclic) bond motifs is 2. The molecule has 4 heterocycles. The SMILES string of the molecule is COC[C@@H]1N(c2cccc(-c3cccc(C)c3OCc3cc(C)c4c(c3)CCN(C3CCOCC3)C4)n2)C[C@@H]2C[C@@]21C(=O)O. The smallest absolute Gasteiger partial charge is 0.312 e. The Morgan fingerprint density at radius 1 is 1.11 bits per heavy atom. The van der Waals surface area contributed by atoms with Crippen molar-refractivity contribution in [3.8, 4) is 17.0 Å². The fraction of sp³-hybridized carbons (Fsp3) is 0.500. The number of anilines is 1. The zero-order valence-electron chi connectivity index (χ0n) is 26.1. The number of methoxy groups -OCH3 is 1. The molecule has 4 aliphatic rings. The second-order valence-electron chi connectivity index (χ2n) is 13.1. The summed E-state index contributed by atoms with van der Waals surface area (Å²) in [6.07, 6.45) is 4.04. The summed E-state index contributed by atoms with van der Waals surface area (Å²) in [5, 5.41) is 10.1. The minimum atomic E-state index is -0.735. The Bertz CT molecular complexity index is 1550. The van der Waals surface area contributed by atoms with Crippen molar-refractivity contribution in [1.29, 1.82) is 0 Å². The first-order valence-electron chi connectivity index (χ1n) is 16.0. The summed E-state index contributed by atoms with van der Waals surface area (Å²) < 4.78 is 17.7. The standard InChI is InChI=1S/C36H43N3O5/c1-23-6-4-7-29(31-8-5-9-33(37-31)39-19-27-18-36(27,35(40)41)32(39)22-42-3)34(23)44-21-25-16-24(2)30-20-38(13-10-26(30)17-25)28-11-14-43-15-12-28/h4-9,16-17,27-28,32H,10-15,18-22H2,1-3H3,(H,40,41)/t27-,32-,36+/m0/s1. The fourth-order valence-corrected chi connectivity index (χ4v) is 8.03. The predicted octanol–water partition coefficient (Wildman–Crippen LogP) is 5.41. The van der Waals surface area contributed by atoms with Gasteiger partial charge in [-0.3, -0.25) is 9.69 Å². The van der Waals surface area contributed by atoms with Gasteiger partial charge in [0.1, 0.15) is 18.2 Å². The molecule has 1 aliphatic carbocycles. The maximum atomic E-state index is 12.2. The van der Waals surface area contributed by atoms with E-state index in [9.17, 15) is 9.90 Å². The van der Waals surface area contributed by atoms with Crippen LogP contribution in [0, 0.1) is 25.2 Å². The van der Waals surface area contributed by atoms with E-state index in [1.807, 2.05) is 24.3 Å². The normalized spacial score (nSPS) is 25.0. The predicted molar refractivity (Wildman–Crippen MR) is 169 cm³/mol. The van der Waals surface area contributed by atoms with Crippen LogP contribution < -0.4 is 9.64 Å². The molecule has 44 heavy (non-hydrogen) atoms. The number of nitrogens with zero attached hydrogens (tertiary/aromatic N) is 3. The van der Waals surface area contributed by atoms with E-state index in [0.29, 0.717) is 32.2 Å². The average Bonchev–Trinajstić information content (AvgIpc) is 3.69. The van der Waals surface area contributed by atoms with E-state index in [-0.39, 0.29) is 12.0 Å². The fourth-order valence-electron chi connectivity index (χ4n) is 8.03. The molecule has 1 N–H and O–H groups in total. The Kier molecular flexibility index (Phi) is 7.85. The van der Waals surface area contributed by atoms with Crippen molar-refractivity contribution < 1.29 is 24.1 Å². The highest BCUT2D eigenvalue weighted by Gasteiger charge is 2.71. The lowest BCUT2D eigenvalue weighted by Gasteiger charge is -2.38. The van der Waals surface area contributed by atoms with Crippen molar-refractivity contribution >= 4 is 11.8 Å². The van der Waals surface area contributed by atoms with Gasteiger partial charge in [-0.1, -0.05) is 30.3 Å². The van der Waals surface area contributed by atoms with Gasteiger partial charge in [0, 0.05) is 51.6 Å². The number of carboxylic acid groups (broad SMARTS) is 1. The number of hydrogen-bond acceptors (Lipinski definition) is 7. The second-order valence-corrected chi connectivity index (χ2v) is 13.1. The first-order chi connectivity index (χ1) is 21.4. The van der Waals surface area contributed by atoms with Crippen LogP contribution in [0.3, 0.4) is 0 Å². The topological polar surface area (TPSA) is 84.4 Å². The summed E-state index contributed by atoms with van der Waals surface area (Å²) in [4.78, 5) is 22.1. The van der Waals surface area contributed by atoms with Gasteiger partial charge in [0.15, 0.2) is 0 Å². The quantitative estimate of drug-likeness (QED) is 0.351. The number of carbonyl (C=O) groups is 1. The van der Waals surface area contributed by atoms with Gasteiger partial charge in [0.05, 0.1) is 23.8 Å². The molecule has 1 aromatic heterocycles. The van der Waals surface area contributed by atoms with Gasteiger partial charge in [0.2, 0.25) is 0 Å². The monoisotopic (exact) mass is 597 g/mol. The molecule has 3 aliphatic heterocycles. The summed E-state index contributed by atoms with van der Waals surface area (Å²) >= 11 is 0. The van der Waals surface area contributed by atoms with Gasteiger partial charge in [-0.05, 0) is 91.5 Å². The van der Waals surface area contributed by atoms with E-state index in [2.05, 4.69) is 47.9 Å². The molecule has 0 bridgehead atoms. The van der Waals surface area contributed by atoms with E-state index < -0.39 is 11.4 Å². The van der Waals surface area contributed by atoms with Crippen LogP contribution in [-0.2, 0) is 33.8 Å². The van der Waals surface area contributed by atoms with Crippen LogP contribution in [0.5, 0.6) is 5.75 Å². The molecular weight excluding hydrogens is 554 g/mol. The minimum absolute atomic E-state index is 0.133. The number of piperidine rings is 1. The molecule has 8 heteroatoms. The molecule has 2 aromatic carbocycles. The molecular formula is C36H43N3O5. The third-order valence-electron chi connectivity index (χ3n) is 10.5. The van der Waals surface area contributed by atoms with Gasteiger partial charge in [0.25, 0.3) is 0 Å². The third kappa shape index (κ3) is 5.17. The molecule has 2 saturated heterocycles. The molecule has 8 nitrogen and oxygen atoms in total. The van der Waals surface area contributed by atoms with Crippen LogP contribution in [0.2, 0.25) is 0 Å². The summed E-state index contributed by atoms with van der Waals surface area (Å²) in [6, 6.07) is 17.2. The maximum absolute atomic E-state index is 12.2. The van der Waals surface area contributed by atoms with Gasteiger partial charge >= 0.3 is 5.97 Å². The average molecular weight is 598 g/mol. The lowest BCUT2D eigenvalue weighted by Crippen LogP contribution is -2.43. The highest BCUT2D eigenvalue weighted by Crippen LogP contribution is 2.62. The number of aliphatic carboxylic acids is 1. The van der Waals surface area contributed by atoms with Crippen molar-refractivity contribution in [2.24, 2.45) is 11.3 Å². The van der Waals surface area contributed by atoms with Crippen molar-refractivity contribution in [1.82, 2.24) is 9.88 Å². The zero-order valence-corrected chi connectivity index (χ0v) is 26.1. The minimum Gasteiger partial charge on any atom is -0.488 e. The van der Waals surface area contributed by atoms with Crippen molar-refractivity contribution in [3.05, 3.63) is 76.3 Å². The Balaban J connectivity index is 1.10. The highest BCUT2D eigenvalue weighted by atomic mass is 16.5. The number of rotatable bonds is 9. The van der Waals surface area contributed by atoms with Crippen LogP contribution in [0.25, 0.3) is 11.3 Å². The maximum Gasteiger partial charge on any atom is 0.312 e. The molecule has 232 valence electrons. The van der Waals surface area contributed by atoms with E-state index >= 15 is 0 Å². The number of benzene rings is 2. The van der Waals surface area contributed by atoms with Gasteiger partial charge < -0.3 is 24.2 Å². The Morgan fingerprint density at radius 3 is 2.73 bits per heavy atom. The van der Waals surface area contributed by atoms with Gasteiger partial charge in [-0.2, -0.15) is 0 Å². The number of aryl methyl sites for hydroxylation is 2. The number of aromatic nitrogens is 1. The molecule has 3 fully saturated rings. The summed E-state index contributed by atoms with van der Waals surface area (Å²) in [6.45, 7) is 9.71. The Morgan fingerprint density at radius 2 is 1.93 bits per heavy atom. The lowest BCUT2D eigenvalue weighted by atomic mass is 9.91. The van der Waals surface area contributed by atoms with E-state index in [4.69, 9.17) is 19.2 Å². The molecule has 0 radical (unpaired) electrons. The van der Waals surface area contributed by atoms with Crippen molar-refractivity contribution in [2.75, 3.05) is 44.9 Å². The van der Waals surface area contributed by atoms with Crippen molar-refractivity contribution in [3.63, 3.8) is 0 Å². The van der Waals surface area contributed by atoms with E-state index in [1.54, 1.807) is 7.11 Å². The molecule has 7 rings (SSSR count). The second kappa shape index (κ2) is 11.8. The van der Waals surface area contributed by atoms with Crippen molar-refractivity contribution in [2.45, 2.75) is 64.8 Å². The molecule has 0 amide bonds. The first-order valence-corrected chi connectivity index (χ1v) is 16.0. The summed E-state index contributed by atoms with van der Waals surface area (Å²) in [5.41, 5.74) is 7.52. The Labute approximate surface area is 259 Å². The van der Waals surface area contributed by atoms with Gasteiger partial charge in [-0.15, -0.1) is 0 Å². The summed E-state index contributed by atoms with van der Waals surface area (Å²) in [7, 11) is 1.63. The Hall–Kier alpha value is -3.46. The summed E-state index contributed by atoms with van der Waals surface area (Å²) in [5.74, 6) is 1.02. The van der Waals surface area contributed by atoms with E-state index in [0.717, 1.165) is 74.0 Å². The number of ether oxygens (including phenoxy) is 3. The van der Waals surface area contributed by atoms with Gasteiger partial charge in [-0.25, -0.2) is 4.98 Å². The molecule has 3 aromatic rings. The van der Waals surface area contributed by atoms with Crippen LogP contribution in [0.15, 0.2) is 48.5 Å². The molecule has 1 saturated carbocycles. The molecule has 0 spiro atoms. The van der Waals surface area contributed by atoms with Crippen LogP contribution >= 0.6 is 0 Å². The third-order valence-corrected chi connectivity index (χ3v) is 10.5. The highest BCUT2D eigenvalue weighted by molar-refractivity contribution is 5.82. The lowest BCUT2D eigenvalue weighted by molar-refractivity contribution is -0.144. The van der Waals surface area contributed by atoms with E-state index in [1.165, 1.54) is 22.3 Å². The number of hydrogen-bond donors (Lipinski definition) is 1. The number of para-hydroxylation sites is 1. The van der Waals surface area contributed by atoms with Crippen LogP contribution in [-0.4, -0.2) is 73.1 Å². The van der Waals surface area contributed by atoms with Crippen LogP contribution in [0.4, 0.5) is 5.82 Å². The first kappa shape index (κ1) is 29.3. The number of pyridine rings is 1. The number of carboxylic acids is 1. The molecule has 0 unspecified atom stereocenters. The largest absolute Gasteiger partial charge is 0.488 e. The van der Waals surface area contributed by atoms with Crippen LogP contribution in [0.1, 0.15) is 47.1 Å². The molecule has 3 atom stereocenters. The zero-order chi connectivity index (χ0) is 30.4.